The normalized spacial score (nSPS) is 11.4. The Balaban J connectivity index is 2.28. The minimum absolute atomic E-state index is 0.295. The zero-order chi connectivity index (χ0) is 13.4. The van der Waals surface area contributed by atoms with E-state index in [0.717, 1.165) is 12.1 Å². The number of hydrogen-bond acceptors (Lipinski definition) is 3. The third-order valence-corrected chi connectivity index (χ3v) is 2.78. The first-order chi connectivity index (χ1) is 8.59. The molecule has 0 aliphatic heterocycles. The van der Waals surface area contributed by atoms with Gasteiger partial charge >= 0.3 is 5.97 Å². The molecule has 0 unspecified atom stereocenters. The van der Waals surface area contributed by atoms with Gasteiger partial charge in [0, 0.05) is 18.7 Å². The molecule has 0 aliphatic carbocycles. The largest absolute Gasteiger partial charge is 0.461 e. The fraction of sp³-hybridized carbons (Fsp3) is 0.400. The van der Waals surface area contributed by atoms with Gasteiger partial charge in [0.05, 0.1) is 0 Å². The molecule has 3 nitrogen and oxygen atoms in total. The Labute approximate surface area is 109 Å². The molecule has 0 fully saturated rings. The average Bonchev–Trinajstić information content (AvgIpc) is 2.37. The van der Waals surface area contributed by atoms with E-state index < -0.39 is 0 Å². The van der Waals surface area contributed by atoms with Crippen LogP contribution < -0.4 is 0 Å². The van der Waals surface area contributed by atoms with Gasteiger partial charge in [-0.1, -0.05) is 30.3 Å². The molecule has 98 valence electrons. The number of carbonyl (C=O) groups excluding carboxylic acids is 1. The Bertz CT molecular complexity index is 385. The van der Waals surface area contributed by atoms with Crippen LogP contribution in [0.1, 0.15) is 19.4 Å². The van der Waals surface area contributed by atoms with Gasteiger partial charge in [0.25, 0.3) is 0 Å². The Morgan fingerprint density at radius 2 is 2.00 bits per heavy atom. The molecule has 1 aromatic rings. The van der Waals surface area contributed by atoms with Crippen LogP contribution in [0.4, 0.5) is 0 Å². The third-order valence-electron chi connectivity index (χ3n) is 2.78. The highest BCUT2D eigenvalue weighted by molar-refractivity contribution is 5.86. The summed E-state index contributed by atoms with van der Waals surface area (Å²) >= 11 is 0. The summed E-state index contributed by atoms with van der Waals surface area (Å²) in [5, 5.41) is 0. The molecular weight excluding hydrogens is 226 g/mol. The van der Waals surface area contributed by atoms with Crippen LogP contribution in [0, 0.1) is 0 Å². The second-order valence-corrected chi connectivity index (χ2v) is 4.49. The molecule has 1 rings (SSSR count). The number of likely N-dealkylation sites (N-methyl/N-ethyl adjacent to an activating group) is 1. The predicted molar refractivity (Wildman–Crippen MR) is 74.2 cm³/mol. The van der Waals surface area contributed by atoms with Crippen LogP contribution in [0.25, 0.3) is 6.08 Å². The lowest BCUT2D eigenvalue weighted by Crippen LogP contribution is -2.30. The molecule has 0 N–H and O–H groups in total. The number of esters is 1. The monoisotopic (exact) mass is 247 g/mol. The second-order valence-electron chi connectivity index (χ2n) is 4.49. The van der Waals surface area contributed by atoms with Gasteiger partial charge in [0.15, 0.2) is 0 Å². The second kappa shape index (κ2) is 7.67. The molecule has 0 bridgehead atoms. The topological polar surface area (TPSA) is 29.5 Å². The van der Waals surface area contributed by atoms with E-state index in [4.69, 9.17) is 4.74 Å². The number of ether oxygens (including phenoxy) is 1. The van der Waals surface area contributed by atoms with Crippen LogP contribution in [0.2, 0.25) is 0 Å². The quantitative estimate of drug-likeness (QED) is 0.571. The molecule has 0 aromatic heterocycles. The summed E-state index contributed by atoms with van der Waals surface area (Å²) in [6, 6.07) is 10.2. The summed E-state index contributed by atoms with van der Waals surface area (Å²) in [5.74, 6) is -0.295. The molecule has 0 aliphatic rings. The number of benzene rings is 1. The summed E-state index contributed by atoms with van der Waals surface area (Å²) in [4.78, 5) is 13.6. The van der Waals surface area contributed by atoms with Crippen molar-refractivity contribution in [3.8, 4) is 0 Å². The molecule has 0 atom stereocenters. The SMILES string of the molecule is CC(C)N(C)CCOC(=O)C=Cc1ccccc1. The maximum atomic E-state index is 11.4. The molecule has 3 heteroatoms. The summed E-state index contributed by atoms with van der Waals surface area (Å²) in [6.45, 7) is 5.39. The maximum absolute atomic E-state index is 11.4. The average molecular weight is 247 g/mol. The smallest absolute Gasteiger partial charge is 0.330 e. The lowest BCUT2D eigenvalue weighted by Gasteiger charge is -2.20. The van der Waals surface area contributed by atoms with Crippen molar-refractivity contribution >= 4 is 12.0 Å². The summed E-state index contributed by atoms with van der Waals surface area (Å²) in [5.41, 5.74) is 0.994. The van der Waals surface area contributed by atoms with E-state index >= 15 is 0 Å². The minimum Gasteiger partial charge on any atom is -0.461 e. The van der Waals surface area contributed by atoms with Gasteiger partial charge < -0.3 is 9.64 Å². The first-order valence-electron chi connectivity index (χ1n) is 6.19. The van der Waals surface area contributed by atoms with Crippen molar-refractivity contribution in [3.05, 3.63) is 42.0 Å². The third kappa shape index (κ3) is 5.64. The van der Waals surface area contributed by atoms with E-state index in [1.807, 2.05) is 37.4 Å². The van der Waals surface area contributed by atoms with Crippen molar-refractivity contribution in [3.63, 3.8) is 0 Å². The van der Waals surface area contributed by atoms with Crippen LogP contribution in [-0.4, -0.2) is 37.1 Å². The van der Waals surface area contributed by atoms with E-state index in [0.29, 0.717) is 12.6 Å². The highest BCUT2D eigenvalue weighted by atomic mass is 16.5. The van der Waals surface area contributed by atoms with Crippen LogP contribution in [0.15, 0.2) is 36.4 Å². The molecule has 18 heavy (non-hydrogen) atoms. The molecule has 0 spiro atoms. The first-order valence-corrected chi connectivity index (χ1v) is 6.19. The fourth-order valence-electron chi connectivity index (χ4n) is 1.32. The lowest BCUT2D eigenvalue weighted by molar-refractivity contribution is -0.138. The molecule has 0 amide bonds. The predicted octanol–water partition coefficient (Wildman–Crippen LogP) is 2.58. The van der Waals surface area contributed by atoms with E-state index in [1.54, 1.807) is 6.08 Å². The van der Waals surface area contributed by atoms with Gasteiger partial charge in [-0.05, 0) is 32.5 Å². The molecule has 0 saturated carbocycles. The minimum atomic E-state index is -0.295. The van der Waals surface area contributed by atoms with E-state index in [1.165, 1.54) is 6.08 Å². The van der Waals surface area contributed by atoms with Crippen molar-refractivity contribution in [2.45, 2.75) is 19.9 Å². The Morgan fingerprint density at radius 3 is 2.61 bits per heavy atom. The van der Waals surface area contributed by atoms with Crippen molar-refractivity contribution in [2.75, 3.05) is 20.2 Å². The molecular formula is C15H21NO2. The fourth-order valence-corrected chi connectivity index (χ4v) is 1.32. The summed E-state index contributed by atoms with van der Waals surface area (Å²) < 4.78 is 5.12. The Kier molecular flexibility index (Phi) is 6.15. The lowest BCUT2D eigenvalue weighted by atomic mass is 10.2. The number of hydrogen-bond donors (Lipinski definition) is 0. The van der Waals surface area contributed by atoms with Gasteiger partial charge in [0.1, 0.15) is 6.61 Å². The summed E-state index contributed by atoms with van der Waals surface area (Å²) in [6.07, 6.45) is 3.22. The van der Waals surface area contributed by atoms with Crippen LogP contribution in [-0.2, 0) is 9.53 Å². The van der Waals surface area contributed by atoms with Crippen molar-refractivity contribution in [1.29, 1.82) is 0 Å². The molecule has 0 saturated heterocycles. The highest BCUT2D eigenvalue weighted by Crippen LogP contribution is 2.01. The van der Waals surface area contributed by atoms with Crippen LogP contribution >= 0.6 is 0 Å². The standard InChI is InChI=1S/C15H21NO2/c1-13(2)16(3)11-12-18-15(17)10-9-14-7-5-4-6-8-14/h4-10,13H,11-12H2,1-3H3. The Morgan fingerprint density at radius 1 is 1.33 bits per heavy atom. The van der Waals surface area contributed by atoms with E-state index in [9.17, 15) is 4.79 Å². The zero-order valence-corrected chi connectivity index (χ0v) is 11.3. The zero-order valence-electron chi connectivity index (χ0n) is 11.3. The van der Waals surface area contributed by atoms with Crippen molar-refractivity contribution in [1.82, 2.24) is 4.90 Å². The van der Waals surface area contributed by atoms with Crippen molar-refractivity contribution in [2.24, 2.45) is 0 Å². The highest BCUT2D eigenvalue weighted by Gasteiger charge is 2.03. The number of carbonyl (C=O) groups is 1. The molecule has 0 heterocycles. The Hall–Kier alpha value is -1.61. The molecule has 1 aromatic carbocycles. The van der Waals surface area contributed by atoms with E-state index in [2.05, 4.69) is 18.7 Å². The van der Waals surface area contributed by atoms with Gasteiger partial charge in [-0.2, -0.15) is 0 Å². The summed E-state index contributed by atoms with van der Waals surface area (Å²) in [7, 11) is 2.01. The van der Waals surface area contributed by atoms with Crippen LogP contribution in [0.5, 0.6) is 0 Å². The van der Waals surface area contributed by atoms with Gasteiger partial charge in [0.2, 0.25) is 0 Å². The number of rotatable bonds is 6. The molecule has 0 radical (unpaired) electrons. The van der Waals surface area contributed by atoms with Gasteiger partial charge in [-0.3, -0.25) is 0 Å². The van der Waals surface area contributed by atoms with E-state index in [-0.39, 0.29) is 5.97 Å². The van der Waals surface area contributed by atoms with Crippen molar-refractivity contribution < 1.29 is 9.53 Å². The van der Waals surface area contributed by atoms with Gasteiger partial charge in [-0.15, -0.1) is 0 Å². The maximum Gasteiger partial charge on any atom is 0.330 e. The van der Waals surface area contributed by atoms with Gasteiger partial charge in [-0.25, -0.2) is 4.79 Å². The van der Waals surface area contributed by atoms with Crippen LogP contribution in [0.3, 0.4) is 0 Å². The number of nitrogens with zero attached hydrogens (tertiary/aromatic N) is 1. The first kappa shape index (κ1) is 14.5.